The average Bonchev–Trinajstić information content (AvgIpc) is 2.56. The predicted octanol–water partition coefficient (Wildman–Crippen LogP) is 3.57. The van der Waals surface area contributed by atoms with Crippen molar-refractivity contribution in [3.8, 4) is 11.8 Å². The molecule has 5 nitrogen and oxygen atoms in total. The third-order valence-corrected chi connectivity index (χ3v) is 3.67. The van der Waals surface area contributed by atoms with Crippen LogP contribution < -0.4 is 5.56 Å². The molecule has 0 aliphatic rings. The first-order valence-corrected chi connectivity index (χ1v) is 6.65. The molecular formula is C17H11N3O2. The van der Waals surface area contributed by atoms with Crippen molar-refractivity contribution < 1.29 is 0 Å². The van der Waals surface area contributed by atoms with Crippen molar-refractivity contribution in [2.75, 3.05) is 0 Å². The molecule has 3 rings (SSSR count). The van der Waals surface area contributed by atoms with Crippen LogP contribution in [0.4, 0.5) is 5.69 Å². The van der Waals surface area contributed by atoms with Crippen molar-refractivity contribution in [2.24, 2.45) is 5.18 Å². The smallest absolute Gasteiger partial charge is 0.273 e. The minimum absolute atomic E-state index is 0.122. The minimum Gasteiger partial charge on any atom is -0.276 e. The summed E-state index contributed by atoms with van der Waals surface area (Å²) in [6.07, 6.45) is 0. The molecule has 106 valence electrons. The number of para-hydroxylation sites is 1. The van der Waals surface area contributed by atoms with E-state index >= 15 is 0 Å². The quantitative estimate of drug-likeness (QED) is 0.677. The maximum atomic E-state index is 12.6. The van der Waals surface area contributed by atoms with Crippen LogP contribution in [-0.4, -0.2) is 4.57 Å². The lowest BCUT2D eigenvalue weighted by atomic mass is 10.0. The van der Waals surface area contributed by atoms with Crippen molar-refractivity contribution in [2.45, 2.75) is 6.92 Å². The second-order valence-corrected chi connectivity index (χ2v) is 4.88. The van der Waals surface area contributed by atoms with Crippen LogP contribution in [0.1, 0.15) is 11.1 Å². The summed E-state index contributed by atoms with van der Waals surface area (Å²) in [6.45, 7) is 1.77. The minimum atomic E-state index is -0.370. The maximum absolute atomic E-state index is 12.6. The molecule has 0 aliphatic heterocycles. The molecule has 1 heterocycles. The second-order valence-electron chi connectivity index (χ2n) is 4.88. The number of nitroso groups, excluding NO2 is 1. The van der Waals surface area contributed by atoms with Crippen LogP contribution in [0, 0.1) is 23.2 Å². The third kappa shape index (κ3) is 1.98. The predicted molar refractivity (Wildman–Crippen MR) is 84.5 cm³/mol. The second kappa shape index (κ2) is 5.26. The van der Waals surface area contributed by atoms with Gasteiger partial charge in [0.1, 0.15) is 17.3 Å². The highest BCUT2D eigenvalue weighted by atomic mass is 16.3. The standard InChI is InChI=1S/C17H11N3O2/c1-11-14-4-2-3-5-16(14)20(17(21)15(11)10-18)13-8-6-12(19-22)7-9-13/h2-9H,1H3. The van der Waals surface area contributed by atoms with Crippen LogP contribution in [0.5, 0.6) is 0 Å². The normalized spacial score (nSPS) is 10.4. The monoisotopic (exact) mass is 289 g/mol. The molecule has 0 N–H and O–H groups in total. The van der Waals surface area contributed by atoms with Crippen LogP contribution in [0.3, 0.4) is 0 Å². The van der Waals surface area contributed by atoms with E-state index in [2.05, 4.69) is 5.18 Å². The zero-order valence-corrected chi connectivity index (χ0v) is 11.8. The van der Waals surface area contributed by atoms with Crippen LogP contribution in [0.2, 0.25) is 0 Å². The number of nitrogens with zero attached hydrogens (tertiary/aromatic N) is 3. The number of aromatic nitrogens is 1. The van der Waals surface area contributed by atoms with Gasteiger partial charge in [0.05, 0.1) is 5.52 Å². The maximum Gasteiger partial charge on any atom is 0.273 e. The lowest BCUT2D eigenvalue weighted by molar-refractivity contribution is 1.03. The van der Waals surface area contributed by atoms with E-state index in [0.29, 0.717) is 11.3 Å². The van der Waals surface area contributed by atoms with Gasteiger partial charge in [-0.25, -0.2) is 0 Å². The molecule has 22 heavy (non-hydrogen) atoms. The van der Waals surface area contributed by atoms with Crippen LogP contribution in [-0.2, 0) is 0 Å². The molecule has 3 aromatic rings. The highest BCUT2D eigenvalue weighted by Crippen LogP contribution is 2.23. The van der Waals surface area contributed by atoms with Gasteiger partial charge in [-0.1, -0.05) is 18.2 Å². The molecule has 5 heteroatoms. The zero-order valence-electron chi connectivity index (χ0n) is 11.8. The zero-order chi connectivity index (χ0) is 15.7. The van der Waals surface area contributed by atoms with Gasteiger partial charge in [0, 0.05) is 11.1 Å². The molecular weight excluding hydrogens is 278 g/mol. The fraction of sp³-hybridized carbons (Fsp3) is 0.0588. The Bertz CT molecular complexity index is 980. The Morgan fingerprint density at radius 2 is 1.77 bits per heavy atom. The van der Waals surface area contributed by atoms with Crippen molar-refractivity contribution in [3.63, 3.8) is 0 Å². The number of hydrogen-bond donors (Lipinski definition) is 0. The first-order chi connectivity index (χ1) is 10.7. The van der Waals surface area contributed by atoms with Gasteiger partial charge in [-0.3, -0.25) is 9.36 Å². The number of pyridine rings is 1. The molecule has 0 atom stereocenters. The highest BCUT2D eigenvalue weighted by Gasteiger charge is 2.14. The van der Waals surface area contributed by atoms with E-state index in [-0.39, 0.29) is 16.8 Å². The summed E-state index contributed by atoms with van der Waals surface area (Å²) >= 11 is 0. The van der Waals surface area contributed by atoms with Crippen LogP contribution in [0.25, 0.3) is 16.6 Å². The Morgan fingerprint density at radius 3 is 2.41 bits per heavy atom. The van der Waals surface area contributed by atoms with Crippen molar-refractivity contribution in [1.29, 1.82) is 5.26 Å². The molecule has 0 aliphatic carbocycles. The lowest BCUT2D eigenvalue weighted by Gasteiger charge is -2.13. The van der Waals surface area contributed by atoms with Gasteiger partial charge in [0.25, 0.3) is 5.56 Å². The van der Waals surface area contributed by atoms with Gasteiger partial charge in [0.2, 0.25) is 0 Å². The fourth-order valence-corrected chi connectivity index (χ4v) is 2.55. The van der Waals surface area contributed by atoms with E-state index in [1.54, 1.807) is 19.1 Å². The van der Waals surface area contributed by atoms with E-state index in [9.17, 15) is 15.0 Å². The Morgan fingerprint density at radius 1 is 1.09 bits per heavy atom. The first kappa shape index (κ1) is 13.7. The SMILES string of the molecule is Cc1c(C#N)c(=O)n(-c2ccc(N=O)cc2)c2ccccc12. The van der Waals surface area contributed by atoms with Gasteiger partial charge in [-0.05, 0) is 48.0 Å². The number of benzene rings is 2. The molecule has 0 bridgehead atoms. The number of hydrogen-bond acceptors (Lipinski definition) is 4. The van der Waals surface area contributed by atoms with Crippen LogP contribution >= 0.6 is 0 Å². The Labute approximate surface area is 126 Å². The molecule has 2 aromatic carbocycles. The Kier molecular flexibility index (Phi) is 3.28. The number of aryl methyl sites for hydroxylation is 1. The van der Waals surface area contributed by atoms with Gasteiger partial charge in [-0.15, -0.1) is 4.91 Å². The largest absolute Gasteiger partial charge is 0.276 e. The third-order valence-electron chi connectivity index (χ3n) is 3.67. The topological polar surface area (TPSA) is 75.2 Å². The molecule has 0 radical (unpaired) electrons. The van der Waals surface area contributed by atoms with Gasteiger partial charge in [-0.2, -0.15) is 5.26 Å². The molecule has 0 saturated heterocycles. The molecule has 0 unspecified atom stereocenters. The molecule has 0 spiro atoms. The van der Waals surface area contributed by atoms with Gasteiger partial charge >= 0.3 is 0 Å². The Hall–Kier alpha value is -3.26. The molecule has 0 saturated carbocycles. The first-order valence-electron chi connectivity index (χ1n) is 6.65. The van der Waals surface area contributed by atoms with Crippen molar-refractivity contribution in [3.05, 3.63) is 74.9 Å². The Balaban J connectivity index is 2.44. The van der Waals surface area contributed by atoms with E-state index in [4.69, 9.17) is 0 Å². The summed E-state index contributed by atoms with van der Waals surface area (Å²) in [4.78, 5) is 23.2. The van der Waals surface area contributed by atoms with E-state index in [1.807, 2.05) is 30.3 Å². The molecule has 0 fully saturated rings. The summed E-state index contributed by atoms with van der Waals surface area (Å²) < 4.78 is 1.48. The van der Waals surface area contributed by atoms with Gasteiger partial charge in [0.15, 0.2) is 0 Å². The number of nitriles is 1. The summed E-state index contributed by atoms with van der Waals surface area (Å²) in [5.74, 6) is 0. The fourth-order valence-electron chi connectivity index (χ4n) is 2.55. The number of fused-ring (bicyclic) bond motifs is 1. The van der Waals surface area contributed by atoms with E-state index in [1.165, 1.54) is 16.7 Å². The summed E-state index contributed by atoms with van der Waals surface area (Å²) in [7, 11) is 0. The molecule has 1 aromatic heterocycles. The lowest BCUT2D eigenvalue weighted by Crippen LogP contribution is -2.22. The highest BCUT2D eigenvalue weighted by molar-refractivity contribution is 5.85. The van der Waals surface area contributed by atoms with Gasteiger partial charge < -0.3 is 0 Å². The average molecular weight is 289 g/mol. The summed E-state index contributed by atoms with van der Waals surface area (Å²) in [5, 5.41) is 13.0. The summed E-state index contributed by atoms with van der Waals surface area (Å²) in [6, 6.07) is 15.8. The molecule has 0 amide bonds. The number of rotatable bonds is 2. The van der Waals surface area contributed by atoms with Crippen LogP contribution in [0.15, 0.2) is 58.5 Å². The van der Waals surface area contributed by atoms with E-state index in [0.717, 1.165) is 10.9 Å². The van der Waals surface area contributed by atoms with Crippen molar-refractivity contribution >= 4 is 16.6 Å². The summed E-state index contributed by atoms with van der Waals surface area (Å²) in [5.41, 5.74) is 2.02. The van der Waals surface area contributed by atoms with Crippen molar-refractivity contribution in [1.82, 2.24) is 4.57 Å². The van der Waals surface area contributed by atoms with E-state index < -0.39 is 0 Å².